The number of rotatable bonds is 4. The van der Waals surface area contributed by atoms with Gasteiger partial charge < -0.3 is 15.4 Å². The zero-order valence-electron chi connectivity index (χ0n) is 11.6. The van der Waals surface area contributed by atoms with E-state index >= 15 is 0 Å². The van der Waals surface area contributed by atoms with Crippen LogP contribution in [0.15, 0.2) is 24.3 Å². The van der Waals surface area contributed by atoms with Gasteiger partial charge in [-0.15, -0.1) is 0 Å². The minimum atomic E-state index is -0.0197. The van der Waals surface area contributed by atoms with Gasteiger partial charge in [0.1, 0.15) is 0 Å². The van der Waals surface area contributed by atoms with Crippen LogP contribution in [0, 0.1) is 0 Å². The van der Waals surface area contributed by atoms with E-state index in [2.05, 4.69) is 17.6 Å². The molecule has 1 aliphatic rings. The second-order valence-corrected chi connectivity index (χ2v) is 4.98. The number of anilines is 1. The zero-order chi connectivity index (χ0) is 13.7. The fraction of sp³-hybridized carbons (Fsp3) is 0.533. The lowest BCUT2D eigenvalue weighted by Gasteiger charge is -2.28. The molecule has 1 aromatic rings. The monoisotopic (exact) mass is 262 g/mol. The second kappa shape index (κ2) is 6.57. The molecule has 1 heterocycles. The minimum Gasteiger partial charge on any atom is -0.382 e. The van der Waals surface area contributed by atoms with Gasteiger partial charge in [-0.05, 0) is 51.0 Å². The van der Waals surface area contributed by atoms with Crippen LogP contribution in [0.25, 0.3) is 0 Å². The van der Waals surface area contributed by atoms with E-state index in [1.807, 2.05) is 31.2 Å². The number of hydrogen-bond acceptors (Lipinski definition) is 3. The molecule has 2 unspecified atom stereocenters. The van der Waals surface area contributed by atoms with Gasteiger partial charge in [0, 0.05) is 30.4 Å². The number of amides is 1. The quantitative estimate of drug-likeness (QED) is 0.876. The molecule has 19 heavy (non-hydrogen) atoms. The first-order valence-corrected chi connectivity index (χ1v) is 6.95. The maximum Gasteiger partial charge on any atom is 0.251 e. The first-order chi connectivity index (χ1) is 9.19. The number of benzene rings is 1. The summed E-state index contributed by atoms with van der Waals surface area (Å²) in [6.45, 7) is 5.49. The van der Waals surface area contributed by atoms with Crippen LogP contribution < -0.4 is 10.6 Å². The van der Waals surface area contributed by atoms with Crippen molar-refractivity contribution in [1.82, 2.24) is 5.32 Å². The summed E-state index contributed by atoms with van der Waals surface area (Å²) in [5.41, 5.74) is 1.76. The Labute approximate surface area is 114 Å². The third-order valence-corrected chi connectivity index (χ3v) is 3.34. The van der Waals surface area contributed by atoms with Gasteiger partial charge in [-0.25, -0.2) is 0 Å². The Balaban J connectivity index is 1.93. The summed E-state index contributed by atoms with van der Waals surface area (Å²) in [6, 6.07) is 8.10. The van der Waals surface area contributed by atoms with Crippen molar-refractivity contribution >= 4 is 11.6 Å². The second-order valence-electron chi connectivity index (χ2n) is 4.98. The highest BCUT2D eigenvalue weighted by Gasteiger charge is 2.18. The fourth-order valence-corrected chi connectivity index (χ4v) is 2.35. The Morgan fingerprint density at radius 1 is 1.37 bits per heavy atom. The summed E-state index contributed by atoms with van der Waals surface area (Å²) < 4.78 is 5.53. The van der Waals surface area contributed by atoms with Crippen LogP contribution in [-0.4, -0.2) is 31.2 Å². The van der Waals surface area contributed by atoms with Crippen LogP contribution in [-0.2, 0) is 4.74 Å². The van der Waals surface area contributed by atoms with E-state index in [-0.39, 0.29) is 5.91 Å². The van der Waals surface area contributed by atoms with Crippen molar-refractivity contribution in [3.05, 3.63) is 29.8 Å². The highest BCUT2D eigenvalue weighted by atomic mass is 16.5. The molecule has 0 aliphatic carbocycles. The van der Waals surface area contributed by atoms with Crippen LogP contribution in [0.1, 0.15) is 37.0 Å². The normalized spacial score (nSPS) is 22.8. The highest BCUT2D eigenvalue weighted by Crippen LogP contribution is 2.19. The summed E-state index contributed by atoms with van der Waals surface area (Å²) in [5.74, 6) is -0.0197. The van der Waals surface area contributed by atoms with Crippen molar-refractivity contribution in [2.45, 2.75) is 38.8 Å². The van der Waals surface area contributed by atoms with Crippen molar-refractivity contribution in [3.63, 3.8) is 0 Å². The van der Waals surface area contributed by atoms with E-state index in [9.17, 15) is 4.79 Å². The van der Waals surface area contributed by atoms with Gasteiger partial charge in [0.05, 0.1) is 6.10 Å². The maximum atomic E-state index is 11.6. The van der Waals surface area contributed by atoms with Gasteiger partial charge in [0.2, 0.25) is 0 Å². The van der Waals surface area contributed by atoms with Crippen molar-refractivity contribution in [3.8, 4) is 0 Å². The van der Waals surface area contributed by atoms with Crippen LogP contribution in [0.5, 0.6) is 0 Å². The number of ether oxygens (including phenoxy) is 1. The van der Waals surface area contributed by atoms with E-state index in [4.69, 9.17) is 4.74 Å². The van der Waals surface area contributed by atoms with Gasteiger partial charge >= 0.3 is 0 Å². The molecule has 2 atom stereocenters. The molecular weight excluding hydrogens is 240 g/mol. The molecule has 1 aromatic carbocycles. The molecule has 0 spiro atoms. The molecule has 1 aliphatic heterocycles. The summed E-state index contributed by atoms with van der Waals surface area (Å²) in [4.78, 5) is 11.6. The molecule has 0 bridgehead atoms. The number of carbonyl (C=O) groups is 1. The number of nitrogens with one attached hydrogen (secondary N) is 2. The molecule has 104 valence electrons. The fourth-order valence-electron chi connectivity index (χ4n) is 2.35. The lowest BCUT2D eigenvalue weighted by Crippen LogP contribution is -2.32. The van der Waals surface area contributed by atoms with E-state index in [1.165, 1.54) is 0 Å². The third-order valence-electron chi connectivity index (χ3n) is 3.34. The van der Waals surface area contributed by atoms with Gasteiger partial charge in [-0.2, -0.15) is 0 Å². The molecule has 4 nitrogen and oxygen atoms in total. The average Bonchev–Trinajstić information content (AvgIpc) is 2.40. The Hall–Kier alpha value is -1.55. The standard InChI is InChI=1S/C15H22N2O2/c1-3-16-15(18)12-4-6-13(7-5-12)17-14-8-9-19-11(2)10-14/h4-7,11,14,17H,3,8-10H2,1-2H3,(H,16,18). The topological polar surface area (TPSA) is 50.4 Å². The molecule has 0 saturated carbocycles. The predicted molar refractivity (Wildman–Crippen MR) is 76.5 cm³/mol. The predicted octanol–water partition coefficient (Wildman–Crippen LogP) is 2.42. The van der Waals surface area contributed by atoms with Crippen LogP contribution in [0.4, 0.5) is 5.69 Å². The summed E-state index contributed by atoms with van der Waals surface area (Å²) in [6.07, 6.45) is 2.38. The van der Waals surface area contributed by atoms with Gasteiger partial charge in [0.25, 0.3) is 5.91 Å². The van der Waals surface area contributed by atoms with Crippen molar-refractivity contribution in [1.29, 1.82) is 0 Å². The number of hydrogen-bond donors (Lipinski definition) is 2. The molecule has 0 aromatic heterocycles. The van der Waals surface area contributed by atoms with Crippen molar-refractivity contribution in [2.75, 3.05) is 18.5 Å². The highest BCUT2D eigenvalue weighted by molar-refractivity contribution is 5.94. The summed E-state index contributed by atoms with van der Waals surface area (Å²) in [7, 11) is 0. The summed E-state index contributed by atoms with van der Waals surface area (Å²) in [5, 5.41) is 6.29. The first kappa shape index (κ1) is 13.9. The van der Waals surface area contributed by atoms with E-state index in [0.29, 0.717) is 24.3 Å². The summed E-state index contributed by atoms with van der Waals surface area (Å²) >= 11 is 0. The average molecular weight is 262 g/mol. The van der Waals surface area contributed by atoms with Crippen molar-refractivity contribution < 1.29 is 9.53 Å². The van der Waals surface area contributed by atoms with Crippen LogP contribution in [0.2, 0.25) is 0 Å². The van der Waals surface area contributed by atoms with Gasteiger partial charge in [0.15, 0.2) is 0 Å². The Morgan fingerprint density at radius 2 is 2.11 bits per heavy atom. The molecule has 0 radical (unpaired) electrons. The SMILES string of the molecule is CCNC(=O)c1ccc(NC2CCOC(C)C2)cc1. The molecule has 2 N–H and O–H groups in total. The Kier molecular flexibility index (Phi) is 4.80. The van der Waals surface area contributed by atoms with Crippen molar-refractivity contribution in [2.24, 2.45) is 0 Å². The van der Waals surface area contributed by atoms with Gasteiger partial charge in [-0.3, -0.25) is 4.79 Å². The van der Waals surface area contributed by atoms with E-state index in [1.54, 1.807) is 0 Å². The van der Waals surface area contributed by atoms with Gasteiger partial charge in [-0.1, -0.05) is 0 Å². The maximum absolute atomic E-state index is 11.6. The number of carbonyl (C=O) groups excluding carboxylic acids is 1. The lowest BCUT2D eigenvalue weighted by molar-refractivity contribution is 0.0232. The minimum absolute atomic E-state index is 0.0197. The Bertz CT molecular complexity index is 417. The largest absolute Gasteiger partial charge is 0.382 e. The first-order valence-electron chi connectivity index (χ1n) is 6.95. The molecule has 2 rings (SSSR count). The molecule has 1 fully saturated rings. The van der Waals surface area contributed by atoms with Crippen LogP contribution in [0.3, 0.4) is 0 Å². The third kappa shape index (κ3) is 3.96. The lowest BCUT2D eigenvalue weighted by atomic mass is 10.0. The van der Waals surface area contributed by atoms with E-state index < -0.39 is 0 Å². The molecule has 1 amide bonds. The smallest absolute Gasteiger partial charge is 0.251 e. The van der Waals surface area contributed by atoms with Crippen LogP contribution >= 0.6 is 0 Å². The van der Waals surface area contributed by atoms with E-state index in [0.717, 1.165) is 25.1 Å². The Morgan fingerprint density at radius 3 is 2.74 bits per heavy atom. The molecule has 4 heteroatoms. The zero-order valence-corrected chi connectivity index (χ0v) is 11.6. The molecule has 1 saturated heterocycles. The molecular formula is C15H22N2O2.